The number of carbonyl (C=O) groups excluding carboxylic acids is 2. The number of anilines is 2. The van der Waals surface area contributed by atoms with Crippen molar-refractivity contribution in [2.24, 2.45) is 5.92 Å². The first-order valence-corrected chi connectivity index (χ1v) is 8.81. The number of nitrogens with zero attached hydrogens (tertiary/aromatic N) is 1. The number of ether oxygens (including phenoxy) is 1. The molecule has 0 spiro atoms. The molecule has 1 aromatic carbocycles. The quantitative estimate of drug-likeness (QED) is 0.712. The van der Waals surface area contributed by atoms with Gasteiger partial charge in [-0.05, 0) is 55.2 Å². The number of aromatic nitrogens is 1. The van der Waals surface area contributed by atoms with E-state index >= 15 is 0 Å². The van der Waals surface area contributed by atoms with Gasteiger partial charge in [0.05, 0.1) is 7.11 Å². The second kappa shape index (κ2) is 8.47. The average Bonchev–Trinajstić information content (AvgIpc) is 3.50. The Morgan fingerprint density at radius 3 is 2.38 bits per heavy atom. The Bertz CT molecular complexity index is 743. The number of hydrogen-bond donors (Lipinski definition) is 2. The summed E-state index contributed by atoms with van der Waals surface area (Å²) in [4.78, 5) is 28.3. The van der Waals surface area contributed by atoms with Gasteiger partial charge >= 0.3 is 5.97 Å². The van der Waals surface area contributed by atoms with Crippen LogP contribution in [0.25, 0.3) is 0 Å². The van der Waals surface area contributed by atoms with Gasteiger partial charge in [0.2, 0.25) is 0 Å². The first-order valence-electron chi connectivity index (χ1n) is 8.81. The SMILES string of the molecule is COC(=O)C(CCC1CC1)NC(=O)c1ccc(Nc2ccncc2)cc1. The largest absolute Gasteiger partial charge is 0.467 e. The van der Waals surface area contributed by atoms with E-state index in [4.69, 9.17) is 4.74 Å². The van der Waals surface area contributed by atoms with Gasteiger partial charge in [-0.2, -0.15) is 0 Å². The van der Waals surface area contributed by atoms with E-state index in [0.29, 0.717) is 17.9 Å². The first-order chi connectivity index (χ1) is 12.7. The lowest BCUT2D eigenvalue weighted by Crippen LogP contribution is -2.41. The van der Waals surface area contributed by atoms with Crippen molar-refractivity contribution in [3.63, 3.8) is 0 Å². The topological polar surface area (TPSA) is 80.3 Å². The molecule has 6 nitrogen and oxygen atoms in total. The van der Waals surface area contributed by atoms with Gasteiger partial charge in [-0.1, -0.05) is 12.8 Å². The fourth-order valence-electron chi connectivity index (χ4n) is 2.75. The Morgan fingerprint density at radius 1 is 1.12 bits per heavy atom. The molecule has 1 saturated carbocycles. The molecule has 2 N–H and O–H groups in total. The number of pyridine rings is 1. The predicted molar refractivity (Wildman–Crippen MR) is 99.2 cm³/mol. The highest BCUT2D eigenvalue weighted by Crippen LogP contribution is 2.34. The maximum absolute atomic E-state index is 12.5. The lowest BCUT2D eigenvalue weighted by Gasteiger charge is -2.16. The third-order valence-electron chi connectivity index (χ3n) is 4.47. The summed E-state index contributed by atoms with van der Waals surface area (Å²) in [5.41, 5.74) is 2.29. The number of methoxy groups -OCH3 is 1. The van der Waals surface area contributed by atoms with Gasteiger partial charge in [0.1, 0.15) is 6.04 Å². The Morgan fingerprint density at radius 2 is 1.77 bits per heavy atom. The molecule has 1 aliphatic carbocycles. The standard InChI is InChI=1S/C20H23N3O3/c1-26-20(25)18(9-4-14-2-3-14)23-19(24)15-5-7-16(8-6-15)22-17-10-12-21-13-11-17/h5-8,10-14,18H,2-4,9H2,1H3,(H,21,22)(H,23,24). The number of nitrogens with one attached hydrogen (secondary N) is 2. The highest BCUT2D eigenvalue weighted by molar-refractivity contribution is 5.97. The molecule has 0 aliphatic heterocycles. The third-order valence-corrected chi connectivity index (χ3v) is 4.47. The molecule has 0 radical (unpaired) electrons. The Hall–Kier alpha value is -2.89. The fourth-order valence-corrected chi connectivity index (χ4v) is 2.75. The van der Waals surface area contributed by atoms with Crippen LogP contribution in [-0.4, -0.2) is 30.0 Å². The number of rotatable bonds is 8. The van der Waals surface area contributed by atoms with Gasteiger partial charge in [0.25, 0.3) is 5.91 Å². The average molecular weight is 353 g/mol. The van der Waals surface area contributed by atoms with Crippen LogP contribution >= 0.6 is 0 Å². The van der Waals surface area contributed by atoms with Crippen LogP contribution in [0.5, 0.6) is 0 Å². The number of esters is 1. The highest BCUT2D eigenvalue weighted by atomic mass is 16.5. The maximum atomic E-state index is 12.5. The van der Waals surface area contributed by atoms with Crippen molar-refractivity contribution in [3.05, 3.63) is 54.4 Å². The second-order valence-electron chi connectivity index (χ2n) is 6.51. The molecule has 0 bridgehead atoms. The number of carbonyl (C=O) groups is 2. The van der Waals surface area contributed by atoms with E-state index < -0.39 is 12.0 Å². The summed E-state index contributed by atoms with van der Waals surface area (Å²) in [6, 6.07) is 10.2. The molecular formula is C20H23N3O3. The minimum absolute atomic E-state index is 0.272. The fraction of sp³-hybridized carbons (Fsp3) is 0.350. The van der Waals surface area contributed by atoms with E-state index in [9.17, 15) is 9.59 Å². The summed E-state index contributed by atoms with van der Waals surface area (Å²) < 4.78 is 4.82. The van der Waals surface area contributed by atoms with Crippen molar-refractivity contribution < 1.29 is 14.3 Å². The minimum Gasteiger partial charge on any atom is -0.467 e. The lowest BCUT2D eigenvalue weighted by atomic mass is 10.1. The van der Waals surface area contributed by atoms with Gasteiger partial charge in [-0.15, -0.1) is 0 Å². The molecule has 1 amide bonds. The molecule has 1 aliphatic rings. The van der Waals surface area contributed by atoms with Gasteiger partial charge < -0.3 is 15.4 Å². The molecule has 1 fully saturated rings. The normalized spacial score (nSPS) is 14.3. The zero-order chi connectivity index (χ0) is 18.4. The molecule has 136 valence electrons. The zero-order valence-corrected chi connectivity index (χ0v) is 14.8. The molecule has 1 unspecified atom stereocenters. The smallest absolute Gasteiger partial charge is 0.328 e. The van der Waals surface area contributed by atoms with Gasteiger partial charge in [0.15, 0.2) is 0 Å². The third kappa shape index (κ3) is 5.05. The lowest BCUT2D eigenvalue weighted by molar-refractivity contribution is -0.143. The van der Waals surface area contributed by atoms with E-state index in [-0.39, 0.29) is 5.91 Å². The predicted octanol–water partition coefficient (Wildman–Crippen LogP) is 3.29. The summed E-state index contributed by atoms with van der Waals surface area (Å²) >= 11 is 0. The van der Waals surface area contributed by atoms with Crippen molar-refractivity contribution in [2.45, 2.75) is 31.7 Å². The molecule has 1 heterocycles. The van der Waals surface area contributed by atoms with Crippen LogP contribution in [-0.2, 0) is 9.53 Å². The van der Waals surface area contributed by atoms with Gasteiger partial charge in [0, 0.05) is 29.3 Å². The van der Waals surface area contributed by atoms with E-state index in [1.54, 1.807) is 24.5 Å². The van der Waals surface area contributed by atoms with Crippen molar-refractivity contribution in [2.75, 3.05) is 12.4 Å². The Labute approximate surface area is 153 Å². The molecule has 3 rings (SSSR count). The van der Waals surface area contributed by atoms with E-state index in [1.807, 2.05) is 24.3 Å². The molecule has 1 aromatic heterocycles. The van der Waals surface area contributed by atoms with Crippen molar-refractivity contribution in [3.8, 4) is 0 Å². The summed E-state index contributed by atoms with van der Waals surface area (Å²) in [6.07, 6.45) is 7.40. The van der Waals surface area contributed by atoms with Crippen LogP contribution in [0.4, 0.5) is 11.4 Å². The molecule has 2 aromatic rings. The molecular weight excluding hydrogens is 330 g/mol. The van der Waals surface area contributed by atoms with E-state index in [0.717, 1.165) is 17.8 Å². The molecule has 6 heteroatoms. The van der Waals surface area contributed by atoms with Crippen molar-refractivity contribution in [1.29, 1.82) is 0 Å². The Kier molecular flexibility index (Phi) is 5.84. The number of benzene rings is 1. The van der Waals surface area contributed by atoms with Crippen LogP contribution < -0.4 is 10.6 Å². The van der Waals surface area contributed by atoms with Crippen molar-refractivity contribution >= 4 is 23.3 Å². The molecule has 1 atom stereocenters. The van der Waals surface area contributed by atoms with Crippen LogP contribution in [0.15, 0.2) is 48.8 Å². The summed E-state index contributed by atoms with van der Waals surface area (Å²) in [7, 11) is 1.35. The van der Waals surface area contributed by atoms with Gasteiger partial charge in [-0.25, -0.2) is 4.79 Å². The summed E-state index contributed by atoms with van der Waals surface area (Å²) in [5.74, 6) is 0.0271. The zero-order valence-electron chi connectivity index (χ0n) is 14.8. The van der Waals surface area contributed by atoms with E-state index in [1.165, 1.54) is 20.0 Å². The Balaban J connectivity index is 1.59. The number of hydrogen-bond acceptors (Lipinski definition) is 5. The second-order valence-corrected chi connectivity index (χ2v) is 6.51. The first kappa shape index (κ1) is 17.9. The number of amides is 1. The molecule has 26 heavy (non-hydrogen) atoms. The van der Waals surface area contributed by atoms with Crippen molar-refractivity contribution in [1.82, 2.24) is 10.3 Å². The minimum atomic E-state index is -0.595. The van der Waals surface area contributed by atoms with Crippen LogP contribution in [0.2, 0.25) is 0 Å². The monoisotopic (exact) mass is 353 g/mol. The highest BCUT2D eigenvalue weighted by Gasteiger charge is 2.27. The van der Waals surface area contributed by atoms with Crippen LogP contribution in [0.1, 0.15) is 36.0 Å². The van der Waals surface area contributed by atoms with E-state index in [2.05, 4.69) is 15.6 Å². The molecule has 0 saturated heterocycles. The van der Waals surface area contributed by atoms with Crippen LogP contribution in [0.3, 0.4) is 0 Å². The summed E-state index contributed by atoms with van der Waals surface area (Å²) in [6.45, 7) is 0. The van der Waals surface area contributed by atoms with Crippen LogP contribution in [0, 0.1) is 5.92 Å². The van der Waals surface area contributed by atoms with Gasteiger partial charge in [-0.3, -0.25) is 9.78 Å². The maximum Gasteiger partial charge on any atom is 0.328 e. The summed E-state index contributed by atoms with van der Waals surface area (Å²) in [5, 5.41) is 6.03.